The van der Waals surface area contributed by atoms with Gasteiger partial charge in [0.25, 0.3) is 0 Å². The van der Waals surface area contributed by atoms with Crippen molar-refractivity contribution in [2.24, 2.45) is 7.05 Å². The molecular weight excluding hydrogens is 409 g/mol. The van der Waals surface area contributed by atoms with Gasteiger partial charge in [0.2, 0.25) is 0 Å². The van der Waals surface area contributed by atoms with Gasteiger partial charge in [-0.3, -0.25) is 4.98 Å². The quantitative estimate of drug-likeness (QED) is 0.597. The van der Waals surface area contributed by atoms with E-state index in [1.165, 1.54) is 11.7 Å². The van der Waals surface area contributed by atoms with E-state index in [1.807, 2.05) is 6.92 Å². The number of hydrogen-bond donors (Lipinski definition) is 0. The van der Waals surface area contributed by atoms with Gasteiger partial charge >= 0.3 is 5.69 Å². The first-order chi connectivity index (χ1) is 11.5. The van der Waals surface area contributed by atoms with Gasteiger partial charge in [0.1, 0.15) is 12.4 Å². The molecule has 0 aliphatic carbocycles. The van der Waals surface area contributed by atoms with Crippen LogP contribution in [-0.2, 0) is 13.7 Å². The van der Waals surface area contributed by atoms with E-state index < -0.39 is 0 Å². The average Bonchev–Trinajstić information content (AvgIpc) is 2.87. The van der Waals surface area contributed by atoms with E-state index in [-0.39, 0.29) is 12.3 Å². The van der Waals surface area contributed by atoms with Crippen LogP contribution in [0.25, 0.3) is 5.69 Å². The van der Waals surface area contributed by atoms with E-state index >= 15 is 0 Å². The Labute approximate surface area is 147 Å². The van der Waals surface area contributed by atoms with E-state index in [9.17, 15) is 4.79 Å². The topological polar surface area (TPSA) is 74.8 Å². The maximum Gasteiger partial charge on any atom is 0.368 e. The maximum atomic E-state index is 12.1. The SMILES string of the molecule is [3H]c1ccc(OCc2c(I)cncc2-n2nnn(C)c2=O)c(C)c1. The van der Waals surface area contributed by atoms with Crippen molar-refractivity contribution in [2.45, 2.75) is 13.5 Å². The number of pyridine rings is 1. The van der Waals surface area contributed by atoms with E-state index in [0.29, 0.717) is 17.5 Å². The van der Waals surface area contributed by atoms with Gasteiger partial charge in [0, 0.05) is 22.4 Å². The highest BCUT2D eigenvalue weighted by Crippen LogP contribution is 2.22. The van der Waals surface area contributed by atoms with Crippen LogP contribution in [0.15, 0.2) is 41.4 Å². The standard InChI is InChI=1S/C15H14IN5O2/c1-10-5-3-4-6-14(10)23-9-11-12(16)7-17-8-13(11)21-15(22)20(2)18-19-21/h3-8H,9H2,1-2H3/i3T. The number of benzene rings is 1. The molecule has 2 heterocycles. The lowest BCUT2D eigenvalue weighted by Gasteiger charge is -2.12. The van der Waals surface area contributed by atoms with Crippen LogP contribution in [0.3, 0.4) is 0 Å². The fraction of sp³-hybridized carbons (Fsp3) is 0.200. The van der Waals surface area contributed by atoms with Crippen LogP contribution >= 0.6 is 22.6 Å². The van der Waals surface area contributed by atoms with Crippen molar-refractivity contribution in [1.82, 2.24) is 24.8 Å². The van der Waals surface area contributed by atoms with Crippen LogP contribution < -0.4 is 10.4 Å². The van der Waals surface area contributed by atoms with E-state index in [1.54, 1.807) is 30.6 Å². The summed E-state index contributed by atoms with van der Waals surface area (Å²) in [6.07, 6.45) is 3.26. The number of ether oxygens (including phenoxy) is 1. The predicted molar refractivity (Wildman–Crippen MR) is 92.6 cm³/mol. The minimum absolute atomic E-state index is 0.247. The molecule has 8 heteroatoms. The van der Waals surface area contributed by atoms with Crippen LogP contribution in [0.4, 0.5) is 0 Å². The first kappa shape index (κ1) is 14.4. The summed E-state index contributed by atoms with van der Waals surface area (Å²) in [6.45, 7) is 2.14. The van der Waals surface area contributed by atoms with Crippen molar-refractivity contribution in [3.05, 3.63) is 61.8 Å². The summed E-state index contributed by atoms with van der Waals surface area (Å²) in [5, 5.41) is 7.60. The molecule has 0 fully saturated rings. The lowest BCUT2D eigenvalue weighted by Crippen LogP contribution is -2.23. The van der Waals surface area contributed by atoms with E-state index in [4.69, 9.17) is 6.11 Å². The van der Waals surface area contributed by atoms with Crippen molar-refractivity contribution in [3.63, 3.8) is 0 Å². The number of hydrogen-bond acceptors (Lipinski definition) is 5. The van der Waals surface area contributed by atoms with Gasteiger partial charge in [0.05, 0.1) is 13.3 Å². The van der Waals surface area contributed by atoms with Gasteiger partial charge in [0.15, 0.2) is 0 Å². The fourth-order valence-corrected chi connectivity index (χ4v) is 2.65. The van der Waals surface area contributed by atoms with Gasteiger partial charge in [-0.2, -0.15) is 9.36 Å². The van der Waals surface area contributed by atoms with Crippen LogP contribution in [0, 0.1) is 10.5 Å². The second-order valence-corrected chi connectivity index (χ2v) is 6.06. The summed E-state index contributed by atoms with van der Waals surface area (Å²) in [5.74, 6) is 0.691. The monoisotopic (exact) mass is 425 g/mol. The Bertz CT molecular complexity index is 953. The largest absolute Gasteiger partial charge is 0.489 e. The average molecular weight is 425 g/mol. The lowest BCUT2D eigenvalue weighted by atomic mass is 10.2. The molecule has 1 aromatic carbocycles. The molecule has 2 aromatic heterocycles. The first-order valence-corrected chi connectivity index (χ1v) is 7.87. The molecule has 0 radical (unpaired) electrons. The van der Waals surface area contributed by atoms with Crippen molar-refractivity contribution >= 4 is 22.6 Å². The third-order valence-corrected chi connectivity index (χ3v) is 4.25. The molecule has 0 N–H and O–H groups in total. The molecule has 0 unspecified atom stereocenters. The second-order valence-electron chi connectivity index (χ2n) is 4.90. The third kappa shape index (κ3) is 3.11. The van der Waals surface area contributed by atoms with Crippen molar-refractivity contribution < 1.29 is 6.11 Å². The highest BCUT2D eigenvalue weighted by Gasteiger charge is 2.15. The van der Waals surface area contributed by atoms with Crippen molar-refractivity contribution in [2.75, 3.05) is 0 Å². The summed E-state index contributed by atoms with van der Waals surface area (Å²) in [4.78, 5) is 16.2. The molecule has 0 atom stereocenters. The van der Waals surface area contributed by atoms with Gasteiger partial charge in [-0.25, -0.2) is 4.79 Å². The lowest BCUT2D eigenvalue weighted by molar-refractivity contribution is 0.302. The van der Waals surface area contributed by atoms with Gasteiger partial charge < -0.3 is 4.74 Å². The van der Waals surface area contributed by atoms with Crippen molar-refractivity contribution in [3.8, 4) is 11.4 Å². The number of nitrogens with zero attached hydrogens (tertiary/aromatic N) is 5. The number of aryl methyl sites for hydroxylation is 2. The zero-order valence-electron chi connectivity index (χ0n) is 13.5. The minimum Gasteiger partial charge on any atom is -0.489 e. The first-order valence-electron chi connectivity index (χ1n) is 7.29. The zero-order valence-corrected chi connectivity index (χ0v) is 14.7. The molecule has 23 heavy (non-hydrogen) atoms. The Hall–Kier alpha value is -2.23. The van der Waals surface area contributed by atoms with E-state index in [0.717, 1.165) is 19.4 Å². The molecule has 118 valence electrons. The summed E-state index contributed by atoms with van der Waals surface area (Å²) < 4.78 is 16.7. The number of rotatable bonds is 4. The Kier molecular flexibility index (Phi) is 4.05. The molecule has 0 aliphatic rings. The molecule has 0 amide bonds. The Morgan fingerprint density at radius 2 is 2.17 bits per heavy atom. The van der Waals surface area contributed by atoms with E-state index in [2.05, 4.69) is 38.0 Å². The van der Waals surface area contributed by atoms with Crippen LogP contribution in [0.5, 0.6) is 5.75 Å². The maximum absolute atomic E-state index is 12.1. The second kappa shape index (κ2) is 6.49. The summed E-state index contributed by atoms with van der Waals surface area (Å²) in [5.41, 5.74) is 1.86. The third-order valence-electron chi connectivity index (χ3n) is 3.32. The van der Waals surface area contributed by atoms with Crippen LogP contribution in [0.1, 0.15) is 12.5 Å². The highest BCUT2D eigenvalue weighted by molar-refractivity contribution is 14.1. The summed E-state index contributed by atoms with van der Waals surface area (Å²) >= 11 is 2.15. The fourth-order valence-electron chi connectivity index (χ4n) is 2.05. The summed E-state index contributed by atoms with van der Waals surface area (Å²) in [7, 11) is 1.54. The molecule has 3 rings (SSSR count). The molecule has 0 bridgehead atoms. The number of halogens is 1. The van der Waals surface area contributed by atoms with Crippen LogP contribution in [0.2, 0.25) is 0 Å². The highest BCUT2D eigenvalue weighted by atomic mass is 127. The normalized spacial score (nSPS) is 11.3. The molecule has 7 nitrogen and oxygen atoms in total. The molecule has 0 saturated heterocycles. The molecule has 0 spiro atoms. The van der Waals surface area contributed by atoms with Gasteiger partial charge in [-0.15, -0.1) is 0 Å². The molecule has 0 saturated carbocycles. The van der Waals surface area contributed by atoms with Gasteiger partial charge in [-0.05, 0) is 51.6 Å². The predicted octanol–water partition coefficient (Wildman–Crippen LogP) is 1.85. The number of aromatic nitrogens is 5. The Balaban J connectivity index is 1.96. The molecule has 3 aromatic rings. The smallest absolute Gasteiger partial charge is 0.368 e. The van der Waals surface area contributed by atoms with Crippen LogP contribution in [-0.4, -0.2) is 24.8 Å². The van der Waals surface area contributed by atoms with Gasteiger partial charge in [-0.1, -0.05) is 18.2 Å². The Morgan fingerprint density at radius 1 is 1.35 bits per heavy atom. The number of para-hydroxylation sites is 1. The summed E-state index contributed by atoms with van der Waals surface area (Å²) in [6, 6.07) is 5.61. The molecule has 0 aliphatic heterocycles. The zero-order chi connectivity index (χ0) is 17.3. The molecular formula is C15H14IN5O2. The Morgan fingerprint density at radius 3 is 2.87 bits per heavy atom. The number of tetrazole rings is 1. The minimum atomic E-state index is -0.352. The van der Waals surface area contributed by atoms with Crippen molar-refractivity contribution in [1.29, 1.82) is 0 Å².